The SMILES string of the molecule is CC(C)(C)C(=O)n1nc(C2CN(S(C)(=O)=O)C2)cc1CCc1ccc(Cl)s1. The molecular formula is C18H24ClN3O3S2. The van der Waals surface area contributed by atoms with Gasteiger partial charge in [-0.25, -0.2) is 17.4 Å². The minimum absolute atomic E-state index is 0.0312. The predicted octanol–water partition coefficient (Wildman–Crippen LogP) is 3.43. The molecule has 0 bridgehead atoms. The highest BCUT2D eigenvalue weighted by molar-refractivity contribution is 7.88. The molecule has 1 aliphatic rings. The third-order valence-corrected chi connectivity index (χ3v) is 7.15. The highest BCUT2D eigenvalue weighted by atomic mass is 35.5. The van der Waals surface area contributed by atoms with Crippen molar-refractivity contribution in [2.24, 2.45) is 5.41 Å². The van der Waals surface area contributed by atoms with Crippen LogP contribution in [0.15, 0.2) is 18.2 Å². The molecule has 27 heavy (non-hydrogen) atoms. The minimum atomic E-state index is -3.17. The van der Waals surface area contributed by atoms with Crippen molar-refractivity contribution >= 4 is 38.9 Å². The molecule has 3 heterocycles. The Morgan fingerprint density at radius 2 is 1.96 bits per heavy atom. The summed E-state index contributed by atoms with van der Waals surface area (Å²) in [6, 6.07) is 5.82. The molecule has 148 valence electrons. The Labute approximate surface area is 169 Å². The first-order valence-corrected chi connectivity index (χ1v) is 11.8. The molecule has 1 aliphatic heterocycles. The number of hydrogen-bond donors (Lipinski definition) is 0. The fourth-order valence-electron chi connectivity index (χ4n) is 2.94. The zero-order chi connectivity index (χ0) is 20.0. The Morgan fingerprint density at radius 1 is 1.30 bits per heavy atom. The second-order valence-corrected chi connectivity index (χ2v) is 11.8. The van der Waals surface area contributed by atoms with E-state index in [9.17, 15) is 13.2 Å². The second-order valence-electron chi connectivity index (χ2n) is 8.01. The molecule has 2 aromatic rings. The smallest absolute Gasteiger partial charge is 0.252 e. The quantitative estimate of drug-likeness (QED) is 0.729. The van der Waals surface area contributed by atoms with Crippen molar-refractivity contribution in [2.45, 2.75) is 39.5 Å². The van der Waals surface area contributed by atoms with Crippen LogP contribution in [-0.4, -0.2) is 47.8 Å². The zero-order valence-corrected chi connectivity index (χ0v) is 18.3. The molecule has 1 fully saturated rings. The summed E-state index contributed by atoms with van der Waals surface area (Å²) in [6.45, 7) is 6.44. The second kappa shape index (κ2) is 7.31. The summed E-state index contributed by atoms with van der Waals surface area (Å²) in [5, 5.41) is 4.56. The molecule has 9 heteroatoms. The van der Waals surface area contributed by atoms with Gasteiger partial charge in [0.1, 0.15) is 0 Å². The van der Waals surface area contributed by atoms with E-state index in [0.717, 1.165) is 27.0 Å². The first-order valence-electron chi connectivity index (χ1n) is 8.78. The van der Waals surface area contributed by atoms with E-state index in [1.54, 1.807) is 0 Å². The zero-order valence-electron chi connectivity index (χ0n) is 15.9. The van der Waals surface area contributed by atoms with Gasteiger partial charge in [0.25, 0.3) is 5.91 Å². The third kappa shape index (κ3) is 4.62. The molecule has 0 spiro atoms. The van der Waals surface area contributed by atoms with Crippen LogP contribution in [0.3, 0.4) is 0 Å². The number of rotatable bonds is 5. The van der Waals surface area contributed by atoms with Crippen molar-refractivity contribution in [3.63, 3.8) is 0 Å². The van der Waals surface area contributed by atoms with Gasteiger partial charge in [-0.05, 0) is 31.0 Å². The number of sulfonamides is 1. The fraction of sp³-hybridized carbons (Fsp3) is 0.556. The van der Waals surface area contributed by atoms with Crippen LogP contribution in [0.25, 0.3) is 0 Å². The Balaban J connectivity index is 1.82. The van der Waals surface area contributed by atoms with E-state index in [1.807, 2.05) is 39.0 Å². The van der Waals surface area contributed by atoms with Gasteiger partial charge in [-0.15, -0.1) is 11.3 Å². The van der Waals surface area contributed by atoms with Gasteiger partial charge < -0.3 is 0 Å². The van der Waals surface area contributed by atoms with Gasteiger partial charge in [-0.2, -0.15) is 5.10 Å². The summed E-state index contributed by atoms with van der Waals surface area (Å²) in [5.41, 5.74) is 1.09. The van der Waals surface area contributed by atoms with E-state index >= 15 is 0 Å². The number of thiophene rings is 1. The lowest BCUT2D eigenvalue weighted by Gasteiger charge is -2.36. The normalized spacial score (nSPS) is 16.5. The van der Waals surface area contributed by atoms with Crippen LogP contribution in [0.2, 0.25) is 4.34 Å². The molecule has 0 aliphatic carbocycles. The van der Waals surface area contributed by atoms with Crippen LogP contribution in [0.5, 0.6) is 0 Å². The van der Waals surface area contributed by atoms with Crippen LogP contribution in [0.1, 0.15) is 47.7 Å². The van der Waals surface area contributed by atoms with Crippen LogP contribution < -0.4 is 0 Å². The number of halogens is 1. The van der Waals surface area contributed by atoms with Gasteiger partial charge in [-0.3, -0.25) is 4.79 Å². The Hall–Kier alpha value is -1.22. The Bertz CT molecular complexity index is 951. The molecule has 3 rings (SSSR count). The number of nitrogens with zero attached hydrogens (tertiary/aromatic N) is 3. The molecule has 2 aromatic heterocycles. The van der Waals surface area contributed by atoms with Crippen molar-refractivity contribution in [2.75, 3.05) is 19.3 Å². The highest BCUT2D eigenvalue weighted by Crippen LogP contribution is 2.30. The third-order valence-electron chi connectivity index (χ3n) is 4.63. The molecule has 0 atom stereocenters. The maximum atomic E-state index is 12.8. The molecule has 1 saturated heterocycles. The van der Waals surface area contributed by atoms with Crippen molar-refractivity contribution in [3.8, 4) is 0 Å². The van der Waals surface area contributed by atoms with Crippen molar-refractivity contribution in [1.29, 1.82) is 0 Å². The molecule has 0 aromatic carbocycles. The lowest BCUT2D eigenvalue weighted by atomic mass is 9.95. The number of aromatic nitrogens is 2. The molecule has 6 nitrogen and oxygen atoms in total. The summed E-state index contributed by atoms with van der Waals surface area (Å²) in [6.07, 6.45) is 2.66. The van der Waals surface area contributed by atoms with Crippen LogP contribution >= 0.6 is 22.9 Å². The molecule has 0 amide bonds. The predicted molar refractivity (Wildman–Crippen MR) is 108 cm³/mol. The lowest BCUT2D eigenvalue weighted by Crippen LogP contribution is -2.48. The molecule has 0 N–H and O–H groups in total. The Morgan fingerprint density at radius 3 is 2.48 bits per heavy atom. The van der Waals surface area contributed by atoms with E-state index in [1.165, 1.54) is 26.6 Å². The van der Waals surface area contributed by atoms with E-state index in [-0.39, 0.29) is 11.8 Å². The molecule has 0 radical (unpaired) electrons. The van der Waals surface area contributed by atoms with Crippen LogP contribution in [-0.2, 0) is 22.9 Å². The van der Waals surface area contributed by atoms with Gasteiger partial charge in [0.05, 0.1) is 16.3 Å². The van der Waals surface area contributed by atoms with Crippen LogP contribution in [0, 0.1) is 5.41 Å². The average Bonchev–Trinajstić information content (AvgIpc) is 3.06. The number of aryl methyl sites for hydroxylation is 2. The molecular weight excluding hydrogens is 406 g/mol. The lowest BCUT2D eigenvalue weighted by molar-refractivity contribution is 0.0743. The van der Waals surface area contributed by atoms with E-state index < -0.39 is 15.4 Å². The average molecular weight is 430 g/mol. The summed E-state index contributed by atoms with van der Waals surface area (Å²) in [5.74, 6) is -0.0315. The van der Waals surface area contributed by atoms with Gasteiger partial charge in [0.15, 0.2) is 0 Å². The van der Waals surface area contributed by atoms with E-state index in [2.05, 4.69) is 5.10 Å². The fourth-order valence-corrected chi connectivity index (χ4v) is 4.93. The number of hydrogen-bond acceptors (Lipinski definition) is 5. The van der Waals surface area contributed by atoms with Gasteiger partial charge in [0, 0.05) is 35.0 Å². The minimum Gasteiger partial charge on any atom is -0.272 e. The monoisotopic (exact) mass is 429 g/mol. The summed E-state index contributed by atoms with van der Waals surface area (Å²) >= 11 is 7.54. The first kappa shape index (κ1) is 20.5. The maximum Gasteiger partial charge on any atom is 0.252 e. The molecule has 0 unspecified atom stereocenters. The Kier molecular flexibility index (Phi) is 5.55. The first-order chi connectivity index (χ1) is 12.4. The van der Waals surface area contributed by atoms with Crippen molar-refractivity contribution in [1.82, 2.24) is 14.1 Å². The van der Waals surface area contributed by atoms with Crippen molar-refractivity contribution < 1.29 is 13.2 Å². The summed E-state index contributed by atoms with van der Waals surface area (Å²) < 4.78 is 26.9. The van der Waals surface area contributed by atoms with Crippen molar-refractivity contribution in [3.05, 3.63) is 38.8 Å². The summed E-state index contributed by atoms with van der Waals surface area (Å²) in [4.78, 5) is 14.0. The molecule has 0 saturated carbocycles. The maximum absolute atomic E-state index is 12.8. The van der Waals surface area contributed by atoms with E-state index in [0.29, 0.717) is 19.5 Å². The number of carbonyl (C=O) groups is 1. The largest absolute Gasteiger partial charge is 0.272 e. The number of carbonyl (C=O) groups excluding carboxylic acids is 1. The topological polar surface area (TPSA) is 72.3 Å². The van der Waals surface area contributed by atoms with Gasteiger partial charge in [-0.1, -0.05) is 32.4 Å². The van der Waals surface area contributed by atoms with E-state index in [4.69, 9.17) is 11.6 Å². The van der Waals surface area contributed by atoms with Gasteiger partial charge >= 0.3 is 0 Å². The highest BCUT2D eigenvalue weighted by Gasteiger charge is 2.37. The van der Waals surface area contributed by atoms with Crippen LogP contribution in [0.4, 0.5) is 0 Å². The summed E-state index contributed by atoms with van der Waals surface area (Å²) in [7, 11) is -3.17. The van der Waals surface area contributed by atoms with Gasteiger partial charge in [0.2, 0.25) is 10.0 Å². The standard InChI is InChI=1S/C18H24ClN3O3S2/c1-18(2,3)17(23)22-13(5-6-14-7-8-16(19)26-14)9-15(20-22)12-10-21(11-12)27(4,24)25/h7-9,12H,5-6,10-11H2,1-4H3.